The first kappa shape index (κ1) is 12.8. The summed E-state index contributed by atoms with van der Waals surface area (Å²) >= 11 is 0. The summed E-state index contributed by atoms with van der Waals surface area (Å²) in [6, 6.07) is 4.10. The van der Waals surface area contributed by atoms with E-state index < -0.39 is 0 Å². The molecule has 2 N–H and O–H groups in total. The van der Waals surface area contributed by atoms with Gasteiger partial charge in [0.05, 0.1) is 6.10 Å². The van der Waals surface area contributed by atoms with Gasteiger partial charge in [0.2, 0.25) is 0 Å². The summed E-state index contributed by atoms with van der Waals surface area (Å²) in [5.41, 5.74) is 2.74. The fourth-order valence-corrected chi connectivity index (χ4v) is 1.56. The molecule has 0 aliphatic carbocycles. The lowest BCUT2D eigenvalue weighted by molar-refractivity contribution is 0.106. The molecule has 1 aromatic rings. The van der Waals surface area contributed by atoms with Crippen LogP contribution in [0, 0.1) is 13.8 Å². The van der Waals surface area contributed by atoms with E-state index in [1.807, 2.05) is 32.9 Å². The van der Waals surface area contributed by atoms with E-state index in [1.54, 1.807) is 7.11 Å². The Bertz CT molecular complexity index is 363. The van der Waals surface area contributed by atoms with Gasteiger partial charge < -0.3 is 15.2 Å². The van der Waals surface area contributed by atoms with Crippen LogP contribution in [-0.4, -0.2) is 24.4 Å². The van der Waals surface area contributed by atoms with Gasteiger partial charge in [-0.15, -0.1) is 0 Å². The van der Waals surface area contributed by atoms with E-state index in [0.717, 1.165) is 16.8 Å². The number of methoxy groups -OCH3 is 1. The number of nitrogens with one attached hydrogen (secondary N) is 1. The van der Waals surface area contributed by atoms with Crippen LogP contribution in [0.2, 0.25) is 0 Å². The quantitative estimate of drug-likeness (QED) is 0.824. The average molecular weight is 223 g/mol. The summed E-state index contributed by atoms with van der Waals surface area (Å²) < 4.78 is 5.25. The van der Waals surface area contributed by atoms with E-state index in [4.69, 9.17) is 4.74 Å². The number of phenols is 1. The zero-order valence-electron chi connectivity index (χ0n) is 10.7. The third kappa shape index (κ3) is 2.67. The fourth-order valence-electron chi connectivity index (χ4n) is 1.56. The predicted octanol–water partition coefficient (Wildman–Crippen LogP) is 2.84. The molecule has 0 aliphatic heterocycles. The Hall–Kier alpha value is -1.22. The lowest BCUT2D eigenvalue weighted by atomic mass is 10.1. The first-order valence-corrected chi connectivity index (χ1v) is 5.55. The van der Waals surface area contributed by atoms with Crippen LogP contribution in [0.5, 0.6) is 5.75 Å². The molecule has 0 saturated heterocycles. The zero-order valence-corrected chi connectivity index (χ0v) is 10.7. The van der Waals surface area contributed by atoms with Crippen molar-refractivity contribution in [3.63, 3.8) is 0 Å². The van der Waals surface area contributed by atoms with Crippen molar-refractivity contribution in [1.29, 1.82) is 0 Å². The van der Waals surface area contributed by atoms with Crippen LogP contribution in [-0.2, 0) is 4.74 Å². The zero-order chi connectivity index (χ0) is 12.3. The summed E-state index contributed by atoms with van der Waals surface area (Å²) in [5.74, 6) is 0.363. The number of rotatable bonds is 4. The van der Waals surface area contributed by atoms with Gasteiger partial charge in [0, 0.05) is 24.4 Å². The first-order valence-electron chi connectivity index (χ1n) is 5.55. The Labute approximate surface area is 97.4 Å². The summed E-state index contributed by atoms with van der Waals surface area (Å²) in [6.45, 7) is 7.88. The van der Waals surface area contributed by atoms with Crippen molar-refractivity contribution in [3.8, 4) is 5.75 Å². The lowest BCUT2D eigenvalue weighted by Crippen LogP contribution is -2.29. The minimum atomic E-state index is 0.128. The van der Waals surface area contributed by atoms with Gasteiger partial charge in [-0.25, -0.2) is 0 Å². The molecule has 0 fully saturated rings. The highest BCUT2D eigenvalue weighted by atomic mass is 16.5. The second-order valence-corrected chi connectivity index (χ2v) is 4.28. The van der Waals surface area contributed by atoms with Gasteiger partial charge >= 0.3 is 0 Å². The van der Waals surface area contributed by atoms with Crippen LogP contribution in [0.1, 0.15) is 25.0 Å². The molecule has 16 heavy (non-hydrogen) atoms. The maximum absolute atomic E-state index is 9.82. The van der Waals surface area contributed by atoms with E-state index in [-0.39, 0.29) is 12.1 Å². The lowest BCUT2D eigenvalue weighted by Gasteiger charge is -2.22. The second-order valence-electron chi connectivity index (χ2n) is 4.28. The molecule has 2 unspecified atom stereocenters. The van der Waals surface area contributed by atoms with Crippen molar-refractivity contribution in [2.75, 3.05) is 12.4 Å². The Morgan fingerprint density at radius 3 is 2.44 bits per heavy atom. The van der Waals surface area contributed by atoms with Crippen molar-refractivity contribution in [2.24, 2.45) is 0 Å². The van der Waals surface area contributed by atoms with Crippen LogP contribution in [0.4, 0.5) is 5.69 Å². The number of phenolic OH excluding ortho intramolecular Hbond substituents is 1. The van der Waals surface area contributed by atoms with Gasteiger partial charge in [0.15, 0.2) is 0 Å². The highest BCUT2D eigenvalue weighted by Gasteiger charge is 2.13. The molecule has 0 aliphatic rings. The third-order valence-corrected chi connectivity index (χ3v) is 3.09. The normalized spacial score (nSPS) is 14.6. The molecule has 0 amide bonds. The highest BCUT2D eigenvalue weighted by Crippen LogP contribution is 2.28. The van der Waals surface area contributed by atoms with Crippen molar-refractivity contribution >= 4 is 5.69 Å². The Morgan fingerprint density at radius 2 is 1.88 bits per heavy atom. The molecule has 1 rings (SSSR count). The van der Waals surface area contributed by atoms with Crippen molar-refractivity contribution in [2.45, 2.75) is 39.8 Å². The number of hydrogen-bond acceptors (Lipinski definition) is 3. The smallest absolute Gasteiger partial charge is 0.123 e. The molecule has 90 valence electrons. The number of benzene rings is 1. The Morgan fingerprint density at radius 1 is 1.25 bits per heavy atom. The molecule has 0 radical (unpaired) electrons. The average Bonchev–Trinajstić information content (AvgIpc) is 2.28. The number of ether oxygens (including phenoxy) is 1. The molecule has 0 spiro atoms. The Balaban J connectivity index is 2.86. The first-order chi connectivity index (χ1) is 7.47. The second kappa shape index (κ2) is 5.21. The van der Waals surface area contributed by atoms with Gasteiger partial charge in [-0.1, -0.05) is 6.07 Å². The molecular formula is C13H21NO2. The van der Waals surface area contributed by atoms with E-state index in [2.05, 4.69) is 12.2 Å². The number of aromatic hydroxyl groups is 1. The molecular weight excluding hydrogens is 202 g/mol. The van der Waals surface area contributed by atoms with Crippen molar-refractivity contribution in [3.05, 3.63) is 23.3 Å². The minimum absolute atomic E-state index is 0.128. The monoisotopic (exact) mass is 223 g/mol. The number of aryl methyl sites for hydroxylation is 1. The minimum Gasteiger partial charge on any atom is -0.507 e. The van der Waals surface area contributed by atoms with E-state index >= 15 is 0 Å². The number of hydrogen-bond donors (Lipinski definition) is 2. The molecule has 1 aromatic carbocycles. The fraction of sp³-hybridized carbons (Fsp3) is 0.538. The maximum atomic E-state index is 9.82. The van der Waals surface area contributed by atoms with Crippen LogP contribution in [0.25, 0.3) is 0 Å². The van der Waals surface area contributed by atoms with Crippen LogP contribution in [0.15, 0.2) is 12.1 Å². The summed E-state index contributed by atoms with van der Waals surface area (Å²) in [4.78, 5) is 0. The third-order valence-electron chi connectivity index (χ3n) is 3.09. The molecule has 0 aromatic heterocycles. The van der Waals surface area contributed by atoms with Crippen LogP contribution < -0.4 is 5.32 Å². The van der Waals surface area contributed by atoms with Gasteiger partial charge in [0.25, 0.3) is 0 Å². The highest BCUT2D eigenvalue weighted by molar-refractivity contribution is 5.59. The molecule has 3 nitrogen and oxygen atoms in total. The molecule has 0 saturated carbocycles. The van der Waals surface area contributed by atoms with Gasteiger partial charge in [0.1, 0.15) is 5.75 Å². The van der Waals surface area contributed by atoms with E-state index in [0.29, 0.717) is 5.75 Å². The van der Waals surface area contributed by atoms with Crippen molar-refractivity contribution in [1.82, 2.24) is 0 Å². The largest absolute Gasteiger partial charge is 0.507 e. The van der Waals surface area contributed by atoms with Gasteiger partial charge in [-0.3, -0.25) is 0 Å². The number of anilines is 1. The molecule has 3 heteroatoms. The SMILES string of the molecule is COC(C)C(C)Nc1ccc(C)c(O)c1C. The Kier molecular flexibility index (Phi) is 4.19. The summed E-state index contributed by atoms with van der Waals surface area (Å²) in [6.07, 6.45) is 0.128. The van der Waals surface area contributed by atoms with Crippen LogP contribution >= 0.6 is 0 Å². The van der Waals surface area contributed by atoms with Gasteiger partial charge in [-0.05, 0) is 39.3 Å². The summed E-state index contributed by atoms with van der Waals surface area (Å²) in [5, 5.41) is 13.2. The molecule has 0 heterocycles. The molecule has 0 bridgehead atoms. The van der Waals surface area contributed by atoms with Crippen molar-refractivity contribution < 1.29 is 9.84 Å². The topological polar surface area (TPSA) is 41.5 Å². The predicted molar refractivity (Wildman–Crippen MR) is 67.1 cm³/mol. The standard InChI is InChI=1S/C13H21NO2/c1-8-6-7-12(9(2)13(8)15)14-10(3)11(4)16-5/h6-7,10-11,14-15H,1-5H3. The van der Waals surface area contributed by atoms with Crippen LogP contribution in [0.3, 0.4) is 0 Å². The van der Waals surface area contributed by atoms with Gasteiger partial charge in [-0.2, -0.15) is 0 Å². The molecule has 2 atom stereocenters. The van der Waals surface area contributed by atoms with E-state index in [9.17, 15) is 5.11 Å². The van der Waals surface area contributed by atoms with E-state index in [1.165, 1.54) is 0 Å². The maximum Gasteiger partial charge on any atom is 0.123 e. The summed E-state index contributed by atoms with van der Waals surface area (Å²) in [7, 11) is 1.70.